The summed E-state index contributed by atoms with van der Waals surface area (Å²) in [4.78, 5) is 0. The van der Waals surface area contributed by atoms with Crippen LogP contribution in [0.3, 0.4) is 0 Å². The maximum atomic E-state index is 12.3. The molecule has 1 unspecified atom stereocenters. The molecule has 0 aliphatic carbocycles. The monoisotopic (exact) mass is 296 g/mol. The first-order valence-electron chi connectivity index (χ1n) is 5.51. The first kappa shape index (κ1) is 15.9. The molecular weight excluding hydrogens is 281 g/mol. The molecule has 0 spiro atoms. The lowest BCUT2D eigenvalue weighted by atomic mass is 10.1. The van der Waals surface area contributed by atoms with E-state index in [0.717, 1.165) is 12.1 Å². The van der Waals surface area contributed by atoms with Crippen molar-refractivity contribution in [2.45, 2.75) is 24.9 Å². The van der Waals surface area contributed by atoms with Gasteiger partial charge < -0.3 is 5.73 Å². The molecule has 0 amide bonds. The van der Waals surface area contributed by atoms with E-state index < -0.39 is 27.0 Å². The maximum absolute atomic E-state index is 12.3. The van der Waals surface area contributed by atoms with Crippen LogP contribution in [0.2, 0.25) is 0 Å². The van der Waals surface area contributed by atoms with Crippen molar-refractivity contribution in [3.63, 3.8) is 0 Å². The molecule has 1 aromatic rings. The van der Waals surface area contributed by atoms with Gasteiger partial charge in [-0.15, -0.1) is 0 Å². The van der Waals surface area contributed by atoms with E-state index in [1.54, 1.807) is 0 Å². The summed E-state index contributed by atoms with van der Waals surface area (Å²) in [6.07, 6.45) is -4.40. The lowest BCUT2D eigenvalue weighted by Crippen LogP contribution is -2.36. The Balaban J connectivity index is 2.70. The number of nitrogens with two attached hydrogens (primary N) is 1. The Hall–Kier alpha value is -1.12. The molecule has 1 atom stereocenters. The lowest BCUT2D eigenvalue weighted by molar-refractivity contribution is -0.137. The average Bonchev–Trinajstić information content (AvgIpc) is 2.35. The Bertz CT molecular complexity index is 512. The van der Waals surface area contributed by atoms with E-state index in [4.69, 9.17) is 5.73 Å². The fraction of sp³-hybridized carbons (Fsp3) is 0.455. The van der Waals surface area contributed by atoms with Crippen LogP contribution in [0.25, 0.3) is 0 Å². The predicted octanol–water partition coefficient (Wildman–Crippen LogP) is 1.47. The zero-order valence-electron chi connectivity index (χ0n) is 10.2. The van der Waals surface area contributed by atoms with Gasteiger partial charge in [0.25, 0.3) is 0 Å². The third-order valence-electron chi connectivity index (χ3n) is 2.62. The van der Waals surface area contributed by atoms with E-state index in [2.05, 4.69) is 4.72 Å². The molecule has 0 saturated carbocycles. The second-order valence-electron chi connectivity index (χ2n) is 4.11. The molecule has 0 radical (unpaired) electrons. The van der Waals surface area contributed by atoms with Crippen LogP contribution >= 0.6 is 0 Å². The zero-order chi connectivity index (χ0) is 14.7. The van der Waals surface area contributed by atoms with Gasteiger partial charge in [0.2, 0.25) is 10.0 Å². The van der Waals surface area contributed by atoms with E-state index in [-0.39, 0.29) is 13.1 Å². The molecule has 0 fully saturated rings. The highest BCUT2D eigenvalue weighted by Crippen LogP contribution is 2.29. The number of rotatable bonds is 5. The average molecular weight is 296 g/mol. The topological polar surface area (TPSA) is 72.2 Å². The Kier molecular flexibility index (Phi) is 4.94. The van der Waals surface area contributed by atoms with Crippen LogP contribution in [0, 0.1) is 0 Å². The SMILES string of the molecule is CC(CN)S(=O)(=O)NCc1ccc(C(F)(F)F)cc1. The van der Waals surface area contributed by atoms with Crippen molar-refractivity contribution in [2.24, 2.45) is 5.73 Å². The Morgan fingerprint density at radius 2 is 1.79 bits per heavy atom. The van der Waals surface area contributed by atoms with Crippen molar-refractivity contribution in [1.29, 1.82) is 0 Å². The lowest BCUT2D eigenvalue weighted by Gasteiger charge is -2.12. The first-order chi connectivity index (χ1) is 8.66. The molecule has 1 aromatic carbocycles. The molecule has 3 N–H and O–H groups in total. The molecule has 108 valence electrons. The summed E-state index contributed by atoms with van der Waals surface area (Å²) in [6.45, 7) is 1.36. The van der Waals surface area contributed by atoms with Crippen LogP contribution in [0.5, 0.6) is 0 Å². The van der Waals surface area contributed by atoms with Gasteiger partial charge in [0.15, 0.2) is 0 Å². The van der Waals surface area contributed by atoms with Gasteiger partial charge in [-0.1, -0.05) is 12.1 Å². The van der Waals surface area contributed by atoms with Crippen LogP contribution in [0.4, 0.5) is 13.2 Å². The van der Waals surface area contributed by atoms with Gasteiger partial charge in [-0.25, -0.2) is 13.1 Å². The predicted molar refractivity (Wildman–Crippen MR) is 65.7 cm³/mol. The molecule has 8 heteroatoms. The molecule has 0 aliphatic heterocycles. The summed E-state index contributed by atoms with van der Waals surface area (Å²) in [7, 11) is -3.54. The summed E-state index contributed by atoms with van der Waals surface area (Å²) >= 11 is 0. The van der Waals surface area contributed by atoms with E-state index in [1.165, 1.54) is 19.1 Å². The largest absolute Gasteiger partial charge is 0.416 e. The summed E-state index contributed by atoms with van der Waals surface area (Å²) < 4.78 is 62.4. The van der Waals surface area contributed by atoms with Crippen molar-refractivity contribution < 1.29 is 21.6 Å². The molecule has 19 heavy (non-hydrogen) atoms. The van der Waals surface area contributed by atoms with Crippen LogP contribution in [0.1, 0.15) is 18.1 Å². The third-order valence-corrected chi connectivity index (χ3v) is 4.42. The molecule has 0 aromatic heterocycles. The Labute approximate surface area is 109 Å². The number of benzene rings is 1. The quantitative estimate of drug-likeness (QED) is 0.864. The third kappa shape index (κ3) is 4.48. The highest BCUT2D eigenvalue weighted by molar-refractivity contribution is 7.90. The number of hydrogen-bond donors (Lipinski definition) is 2. The Morgan fingerprint density at radius 3 is 2.21 bits per heavy atom. The van der Waals surface area contributed by atoms with Gasteiger partial charge in [-0.05, 0) is 24.6 Å². The molecular formula is C11H15F3N2O2S. The molecule has 0 heterocycles. The van der Waals surface area contributed by atoms with Crippen LogP contribution in [-0.4, -0.2) is 20.2 Å². The fourth-order valence-electron chi connectivity index (χ4n) is 1.26. The number of nitrogens with one attached hydrogen (secondary N) is 1. The molecule has 0 bridgehead atoms. The van der Waals surface area contributed by atoms with Gasteiger partial charge in [-0.2, -0.15) is 13.2 Å². The summed E-state index contributed by atoms with van der Waals surface area (Å²) in [5.41, 5.74) is 4.93. The van der Waals surface area contributed by atoms with Crippen molar-refractivity contribution >= 4 is 10.0 Å². The second-order valence-corrected chi connectivity index (χ2v) is 6.29. The van der Waals surface area contributed by atoms with Gasteiger partial charge in [0, 0.05) is 13.1 Å². The van der Waals surface area contributed by atoms with E-state index in [9.17, 15) is 21.6 Å². The van der Waals surface area contributed by atoms with Gasteiger partial charge in [0.1, 0.15) is 0 Å². The summed E-state index contributed by atoms with van der Waals surface area (Å²) in [5, 5.41) is -0.748. The van der Waals surface area contributed by atoms with Gasteiger partial charge in [0.05, 0.1) is 10.8 Å². The van der Waals surface area contributed by atoms with Gasteiger partial charge >= 0.3 is 6.18 Å². The Morgan fingerprint density at radius 1 is 1.26 bits per heavy atom. The smallest absolute Gasteiger partial charge is 0.329 e. The van der Waals surface area contributed by atoms with Crippen molar-refractivity contribution in [3.8, 4) is 0 Å². The number of sulfonamides is 1. The normalized spacial score (nSPS) is 14.4. The highest BCUT2D eigenvalue weighted by Gasteiger charge is 2.30. The van der Waals surface area contributed by atoms with Crippen molar-refractivity contribution in [1.82, 2.24) is 4.72 Å². The number of alkyl halides is 3. The highest BCUT2D eigenvalue weighted by atomic mass is 32.2. The van der Waals surface area contributed by atoms with Crippen LogP contribution in [-0.2, 0) is 22.7 Å². The number of hydrogen-bond acceptors (Lipinski definition) is 3. The number of halogens is 3. The summed E-state index contributed by atoms with van der Waals surface area (Å²) in [6, 6.07) is 4.29. The molecule has 0 aliphatic rings. The molecule has 1 rings (SSSR count). The second kappa shape index (κ2) is 5.89. The molecule has 4 nitrogen and oxygen atoms in total. The van der Waals surface area contributed by atoms with Crippen molar-refractivity contribution in [2.75, 3.05) is 6.54 Å². The van der Waals surface area contributed by atoms with E-state index in [1.807, 2.05) is 0 Å². The minimum absolute atomic E-state index is 0.0255. The zero-order valence-corrected chi connectivity index (χ0v) is 11.1. The minimum Gasteiger partial charge on any atom is -0.329 e. The van der Waals surface area contributed by atoms with E-state index in [0.29, 0.717) is 5.56 Å². The van der Waals surface area contributed by atoms with Crippen molar-refractivity contribution in [3.05, 3.63) is 35.4 Å². The molecule has 0 saturated heterocycles. The van der Waals surface area contributed by atoms with E-state index >= 15 is 0 Å². The maximum Gasteiger partial charge on any atom is 0.416 e. The minimum atomic E-state index is -4.40. The summed E-state index contributed by atoms with van der Waals surface area (Å²) in [5.74, 6) is 0. The fourth-order valence-corrected chi connectivity index (χ4v) is 2.17. The van der Waals surface area contributed by atoms with Crippen LogP contribution < -0.4 is 10.5 Å². The van der Waals surface area contributed by atoms with Gasteiger partial charge in [-0.3, -0.25) is 0 Å². The standard InChI is InChI=1S/C11H15F3N2O2S/c1-8(6-15)19(17,18)16-7-9-2-4-10(5-3-9)11(12,13)14/h2-5,8,16H,6-7,15H2,1H3. The first-order valence-corrected chi connectivity index (χ1v) is 7.06. The van der Waals surface area contributed by atoms with Crippen LogP contribution in [0.15, 0.2) is 24.3 Å².